The minimum absolute atomic E-state index is 0.0566. The molecule has 3 atom stereocenters. The molecule has 1 saturated carbocycles. The number of fused-ring (bicyclic) bond motifs is 1. The highest BCUT2D eigenvalue weighted by atomic mass is 32.1. The lowest BCUT2D eigenvalue weighted by Crippen LogP contribution is -2.40. The first kappa shape index (κ1) is 15.8. The summed E-state index contributed by atoms with van der Waals surface area (Å²) in [5.74, 6) is 0.754. The number of carbonyl (C=O) groups is 1. The Morgan fingerprint density at radius 2 is 2.08 bits per heavy atom. The molecule has 4 nitrogen and oxygen atoms in total. The predicted molar refractivity (Wildman–Crippen MR) is 97.2 cm³/mol. The SMILES string of the molecule is O=C(NC[C@@H]1C[C@@H]2CCCC[C@@H]2N1)c1nc(-c2ccccc2)cs1. The summed E-state index contributed by atoms with van der Waals surface area (Å²) in [6, 6.07) is 11.1. The van der Waals surface area contributed by atoms with Gasteiger partial charge in [-0.1, -0.05) is 43.2 Å². The number of rotatable bonds is 4. The highest BCUT2D eigenvalue weighted by molar-refractivity contribution is 7.12. The summed E-state index contributed by atoms with van der Waals surface area (Å²) in [7, 11) is 0. The van der Waals surface area contributed by atoms with Gasteiger partial charge < -0.3 is 10.6 Å². The summed E-state index contributed by atoms with van der Waals surface area (Å²) < 4.78 is 0. The average Bonchev–Trinajstić information content (AvgIpc) is 3.27. The van der Waals surface area contributed by atoms with Crippen LogP contribution in [0.25, 0.3) is 11.3 Å². The number of thiazole rings is 1. The zero-order chi connectivity index (χ0) is 16.4. The third-order valence-corrected chi connectivity index (χ3v) is 6.06. The molecule has 5 heteroatoms. The largest absolute Gasteiger partial charge is 0.348 e. The molecule has 4 rings (SSSR count). The highest BCUT2D eigenvalue weighted by Gasteiger charge is 2.34. The average molecular weight is 341 g/mol. The number of nitrogens with zero attached hydrogens (tertiary/aromatic N) is 1. The van der Waals surface area contributed by atoms with Crippen LogP contribution in [0.2, 0.25) is 0 Å². The van der Waals surface area contributed by atoms with Crippen LogP contribution in [0.3, 0.4) is 0 Å². The molecule has 1 saturated heterocycles. The van der Waals surface area contributed by atoms with Crippen LogP contribution in [0.15, 0.2) is 35.7 Å². The Balaban J connectivity index is 1.33. The van der Waals surface area contributed by atoms with Gasteiger partial charge >= 0.3 is 0 Å². The first-order valence-electron chi connectivity index (χ1n) is 8.85. The fourth-order valence-electron chi connectivity index (χ4n) is 4.00. The van der Waals surface area contributed by atoms with Crippen LogP contribution in [-0.4, -0.2) is 29.5 Å². The van der Waals surface area contributed by atoms with E-state index in [4.69, 9.17) is 0 Å². The van der Waals surface area contributed by atoms with Crippen molar-refractivity contribution in [1.82, 2.24) is 15.6 Å². The van der Waals surface area contributed by atoms with E-state index < -0.39 is 0 Å². The molecule has 2 N–H and O–H groups in total. The van der Waals surface area contributed by atoms with Gasteiger partial charge in [-0.25, -0.2) is 4.98 Å². The Bertz CT molecular complexity index is 686. The first-order valence-corrected chi connectivity index (χ1v) is 9.73. The number of carbonyl (C=O) groups excluding carboxylic acids is 1. The van der Waals surface area contributed by atoms with Crippen LogP contribution >= 0.6 is 11.3 Å². The van der Waals surface area contributed by atoms with Crippen molar-refractivity contribution in [1.29, 1.82) is 0 Å². The smallest absolute Gasteiger partial charge is 0.280 e. The minimum Gasteiger partial charge on any atom is -0.348 e. The van der Waals surface area contributed by atoms with Crippen molar-refractivity contribution in [2.45, 2.75) is 44.2 Å². The van der Waals surface area contributed by atoms with Gasteiger partial charge in [0.1, 0.15) is 0 Å². The second kappa shape index (κ2) is 7.03. The van der Waals surface area contributed by atoms with Crippen molar-refractivity contribution in [2.75, 3.05) is 6.54 Å². The van der Waals surface area contributed by atoms with Gasteiger partial charge in [0.25, 0.3) is 5.91 Å². The highest BCUT2D eigenvalue weighted by Crippen LogP contribution is 2.33. The van der Waals surface area contributed by atoms with Gasteiger partial charge in [0.15, 0.2) is 5.01 Å². The Hall–Kier alpha value is -1.72. The molecule has 0 unspecified atom stereocenters. The van der Waals surface area contributed by atoms with Crippen molar-refractivity contribution >= 4 is 17.2 Å². The molecule has 0 radical (unpaired) electrons. The van der Waals surface area contributed by atoms with Gasteiger partial charge in [-0.2, -0.15) is 0 Å². The molecule has 0 spiro atoms. The number of aromatic nitrogens is 1. The molecule has 1 amide bonds. The Labute approximate surface area is 146 Å². The third-order valence-electron chi connectivity index (χ3n) is 5.22. The van der Waals surface area contributed by atoms with Gasteiger partial charge in [-0.3, -0.25) is 4.79 Å². The van der Waals surface area contributed by atoms with Gasteiger partial charge in [0.2, 0.25) is 0 Å². The molecular weight excluding hydrogens is 318 g/mol. The van der Waals surface area contributed by atoms with Crippen LogP contribution in [0, 0.1) is 5.92 Å². The van der Waals surface area contributed by atoms with Crippen LogP contribution in [-0.2, 0) is 0 Å². The van der Waals surface area contributed by atoms with E-state index in [1.165, 1.54) is 43.4 Å². The maximum absolute atomic E-state index is 12.4. The molecule has 1 aromatic heterocycles. The van der Waals surface area contributed by atoms with Gasteiger partial charge in [0.05, 0.1) is 5.69 Å². The summed E-state index contributed by atoms with van der Waals surface area (Å²) in [4.78, 5) is 16.9. The number of amides is 1. The molecule has 0 bridgehead atoms. The fraction of sp³-hybridized carbons (Fsp3) is 0.474. The molecule has 126 valence electrons. The van der Waals surface area contributed by atoms with E-state index in [-0.39, 0.29) is 5.91 Å². The molecule has 1 aromatic carbocycles. The van der Waals surface area contributed by atoms with E-state index in [0.29, 0.717) is 23.6 Å². The minimum atomic E-state index is -0.0566. The summed E-state index contributed by atoms with van der Waals surface area (Å²) in [6.45, 7) is 0.700. The van der Waals surface area contributed by atoms with Crippen molar-refractivity contribution < 1.29 is 4.79 Å². The molecule has 24 heavy (non-hydrogen) atoms. The monoisotopic (exact) mass is 341 g/mol. The van der Waals surface area contributed by atoms with E-state index in [2.05, 4.69) is 15.6 Å². The maximum atomic E-state index is 12.4. The molecular formula is C19H23N3OS. The normalized spacial score (nSPS) is 26.1. The summed E-state index contributed by atoms with van der Waals surface area (Å²) in [5, 5.41) is 9.26. The van der Waals surface area contributed by atoms with E-state index in [1.54, 1.807) is 0 Å². The molecule has 2 aromatic rings. The summed E-state index contributed by atoms with van der Waals surface area (Å²) >= 11 is 1.41. The lowest BCUT2D eigenvalue weighted by atomic mass is 9.85. The molecule has 1 aliphatic carbocycles. The topological polar surface area (TPSA) is 54.0 Å². The number of benzene rings is 1. The number of nitrogens with one attached hydrogen (secondary N) is 2. The fourth-order valence-corrected chi connectivity index (χ4v) is 4.74. The van der Waals surface area contributed by atoms with Crippen LogP contribution < -0.4 is 10.6 Å². The lowest BCUT2D eigenvalue weighted by Gasteiger charge is -2.24. The van der Waals surface area contributed by atoms with Crippen molar-refractivity contribution in [3.8, 4) is 11.3 Å². The molecule has 2 fully saturated rings. The lowest BCUT2D eigenvalue weighted by molar-refractivity contribution is 0.0949. The Morgan fingerprint density at radius 3 is 2.92 bits per heavy atom. The van der Waals surface area contributed by atoms with Crippen LogP contribution in [0.4, 0.5) is 0 Å². The van der Waals surface area contributed by atoms with Crippen LogP contribution in [0.5, 0.6) is 0 Å². The van der Waals surface area contributed by atoms with Gasteiger partial charge in [-0.05, 0) is 25.2 Å². The predicted octanol–water partition coefficient (Wildman–Crippen LogP) is 3.46. The quantitative estimate of drug-likeness (QED) is 0.895. The third kappa shape index (κ3) is 3.37. The molecule has 2 aliphatic rings. The maximum Gasteiger partial charge on any atom is 0.280 e. The number of hydrogen-bond donors (Lipinski definition) is 2. The summed E-state index contributed by atoms with van der Waals surface area (Å²) in [6.07, 6.45) is 6.53. The Morgan fingerprint density at radius 1 is 1.25 bits per heavy atom. The number of hydrogen-bond acceptors (Lipinski definition) is 4. The van der Waals surface area contributed by atoms with Crippen molar-refractivity contribution in [2.24, 2.45) is 5.92 Å². The first-order chi connectivity index (χ1) is 11.8. The Kier molecular flexibility index (Phi) is 4.63. The van der Waals surface area contributed by atoms with Crippen molar-refractivity contribution in [3.63, 3.8) is 0 Å². The summed E-state index contributed by atoms with van der Waals surface area (Å²) in [5.41, 5.74) is 1.92. The zero-order valence-corrected chi connectivity index (χ0v) is 14.5. The molecule has 2 heterocycles. The van der Waals surface area contributed by atoms with E-state index in [0.717, 1.165) is 17.2 Å². The second-order valence-electron chi connectivity index (χ2n) is 6.86. The van der Waals surface area contributed by atoms with E-state index >= 15 is 0 Å². The standard InChI is InChI=1S/C19H23N3OS/c23-18(19-22-17(12-24-19)13-6-2-1-3-7-13)20-11-15-10-14-8-4-5-9-16(14)21-15/h1-3,6-7,12,14-16,21H,4-5,8-11H2,(H,20,23)/t14-,15-,16-/m0/s1. The van der Waals surface area contributed by atoms with Gasteiger partial charge in [-0.15, -0.1) is 11.3 Å². The zero-order valence-electron chi connectivity index (χ0n) is 13.7. The van der Waals surface area contributed by atoms with Gasteiger partial charge in [0, 0.05) is 29.6 Å². The van der Waals surface area contributed by atoms with Crippen LogP contribution in [0.1, 0.15) is 41.9 Å². The van der Waals surface area contributed by atoms with Crippen molar-refractivity contribution in [3.05, 3.63) is 40.7 Å². The second-order valence-corrected chi connectivity index (χ2v) is 7.72. The molecule has 1 aliphatic heterocycles. The van der Waals surface area contributed by atoms with E-state index in [1.807, 2.05) is 35.7 Å². The van der Waals surface area contributed by atoms with E-state index in [9.17, 15) is 4.79 Å².